The minimum atomic E-state index is -0.507. The third-order valence-corrected chi connectivity index (χ3v) is 5.93. The van der Waals surface area contributed by atoms with Crippen LogP contribution in [-0.2, 0) is 4.74 Å². The van der Waals surface area contributed by atoms with Gasteiger partial charge in [0.05, 0.1) is 29.2 Å². The summed E-state index contributed by atoms with van der Waals surface area (Å²) in [6, 6.07) is 19.0. The molecule has 1 saturated heterocycles. The van der Waals surface area contributed by atoms with Gasteiger partial charge in [-0.3, -0.25) is 4.79 Å². The molecule has 0 aliphatic carbocycles. The average molecular weight is 487 g/mol. The minimum Gasteiger partial charge on any atom is -0.462 e. The summed E-state index contributed by atoms with van der Waals surface area (Å²) in [5.41, 5.74) is 4.23. The lowest BCUT2D eigenvalue weighted by atomic mass is 10.1. The van der Waals surface area contributed by atoms with E-state index in [4.69, 9.17) is 4.74 Å². The molecule has 3 N–H and O–H groups in total. The van der Waals surface area contributed by atoms with Crippen LogP contribution in [0.25, 0.3) is 0 Å². The summed E-state index contributed by atoms with van der Waals surface area (Å²) in [6.07, 6.45) is 2.15. The second-order valence-corrected chi connectivity index (χ2v) is 8.59. The number of rotatable bonds is 7. The number of hydrogen-bond acceptors (Lipinski definition) is 5. The molecule has 0 aromatic heterocycles. The molecule has 0 atom stereocenters. The first kappa shape index (κ1) is 24.8. The first-order valence-electron chi connectivity index (χ1n) is 12.1. The molecule has 8 heteroatoms. The molecule has 186 valence electrons. The Morgan fingerprint density at radius 1 is 0.861 bits per heavy atom. The van der Waals surface area contributed by atoms with Gasteiger partial charge in [-0.2, -0.15) is 0 Å². The first-order valence-corrected chi connectivity index (χ1v) is 12.1. The number of nitrogens with one attached hydrogen (secondary N) is 3. The average Bonchev–Trinajstić information content (AvgIpc) is 3.40. The van der Waals surface area contributed by atoms with E-state index in [1.807, 2.05) is 31.2 Å². The van der Waals surface area contributed by atoms with Gasteiger partial charge in [0.25, 0.3) is 5.91 Å². The predicted octanol–water partition coefficient (Wildman–Crippen LogP) is 5.67. The minimum absolute atomic E-state index is 0.234. The predicted molar refractivity (Wildman–Crippen MR) is 142 cm³/mol. The standard InChI is InChI=1S/C28H30N4O4/c1-3-36-27(34)22-8-4-5-9-23(22)30-28(35)31-24-18-21(14-15-25(24)32-16-6-7-17-32)29-26(33)20-12-10-19(2)11-13-20/h4-5,8-15,18H,3,6-7,16-17H2,1-2H3,(H,29,33)(H2,30,31,35). The van der Waals surface area contributed by atoms with Gasteiger partial charge in [0.1, 0.15) is 0 Å². The lowest BCUT2D eigenvalue weighted by Crippen LogP contribution is -2.25. The van der Waals surface area contributed by atoms with Gasteiger partial charge in [0.2, 0.25) is 0 Å². The molecule has 0 bridgehead atoms. The van der Waals surface area contributed by atoms with E-state index in [1.54, 1.807) is 49.4 Å². The van der Waals surface area contributed by atoms with Crippen molar-refractivity contribution >= 4 is 40.7 Å². The Labute approximate surface area is 210 Å². The fraction of sp³-hybridized carbons (Fsp3) is 0.250. The zero-order chi connectivity index (χ0) is 25.5. The van der Waals surface area contributed by atoms with Gasteiger partial charge in [-0.15, -0.1) is 0 Å². The van der Waals surface area contributed by atoms with E-state index < -0.39 is 12.0 Å². The summed E-state index contributed by atoms with van der Waals surface area (Å²) in [6.45, 7) is 5.70. The molecule has 1 heterocycles. The monoisotopic (exact) mass is 486 g/mol. The van der Waals surface area contributed by atoms with Crippen LogP contribution in [-0.4, -0.2) is 37.6 Å². The number of nitrogens with zero attached hydrogens (tertiary/aromatic N) is 1. The Morgan fingerprint density at radius 3 is 2.28 bits per heavy atom. The molecule has 3 amide bonds. The van der Waals surface area contributed by atoms with Crippen LogP contribution in [0.4, 0.5) is 27.5 Å². The maximum absolute atomic E-state index is 13.0. The summed E-state index contributed by atoms with van der Waals surface area (Å²) >= 11 is 0. The maximum Gasteiger partial charge on any atom is 0.340 e. The molecule has 8 nitrogen and oxygen atoms in total. The molecule has 1 fully saturated rings. The number of benzene rings is 3. The molecule has 0 unspecified atom stereocenters. The quantitative estimate of drug-likeness (QED) is 0.374. The molecule has 1 aliphatic heterocycles. The largest absolute Gasteiger partial charge is 0.462 e. The van der Waals surface area contributed by atoms with Crippen LogP contribution in [0.15, 0.2) is 66.7 Å². The van der Waals surface area contributed by atoms with Gasteiger partial charge < -0.3 is 25.6 Å². The van der Waals surface area contributed by atoms with Crippen molar-refractivity contribution in [1.82, 2.24) is 0 Å². The van der Waals surface area contributed by atoms with E-state index >= 15 is 0 Å². The molecular weight excluding hydrogens is 456 g/mol. The van der Waals surface area contributed by atoms with Crippen LogP contribution in [0.1, 0.15) is 46.0 Å². The molecule has 0 radical (unpaired) electrons. The van der Waals surface area contributed by atoms with E-state index in [9.17, 15) is 14.4 Å². The van der Waals surface area contributed by atoms with Gasteiger partial charge in [-0.1, -0.05) is 29.8 Å². The van der Waals surface area contributed by atoms with Crippen molar-refractivity contribution in [2.45, 2.75) is 26.7 Å². The van der Waals surface area contributed by atoms with Crippen molar-refractivity contribution < 1.29 is 19.1 Å². The number of esters is 1. The van der Waals surface area contributed by atoms with Crippen molar-refractivity contribution in [2.24, 2.45) is 0 Å². The highest BCUT2D eigenvalue weighted by Gasteiger charge is 2.19. The Bertz CT molecular complexity index is 1250. The molecule has 1 aliphatic rings. The van der Waals surface area contributed by atoms with Crippen LogP contribution in [0.3, 0.4) is 0 Å². The normalized spacial score (nSPS) is 12.7. The third kappa shape index (κ3) is 6.02. The number of amides is 3. The number of hydrogen-bond donors (Lipinski definition) is 3. The highest BCUT2D eigenvalue weighted by Crippen LogP contribution is 2.32. The number of aryl methyl sites for hydroxylation is 1. The van der Waals surface area contributed by atoms with Crippen molar-refractivity contribution in [1.29, 1.82) is 0 Å². The maximum atomic E-state index is 13.0. The van der Waals surface area contributed by atoms with Gasteiger partial charge in [-0.05, 0) is 69.2 Å². The second kappa shape index (κ2) is 11.4. The Morgan fingerprint density at radius 2 is 1.56 bits per heavy atom. The summed E-state index contributed by atoms with van der Waals surface area (Å²) in [4.78, 5) is 40.2. The highest BCUT2D eigenvalue weighted by atomic mass is 16.5. The van der Waals surface area contributed by atoms with E-state index in [-0.39, 0.29) is 18.1 Å². The summed E-state index contributed by atoms with van der Waals surface area (Å²) < 4.78 is 5.09. The number of para-hydroxylation sites is 1. The molecule has 36 heavy (non-hydrogen) atoms. The number of ether oxygens (including phenoxy) is 1. The number of carbonyl (C=O) groups excluding carboxylic acids is 3. The van der Waals surface area contributed by atoms with Gasteiger partial charge in [-0.25, -0.2) is 9.59 Å². The van der Waals surface area contributed by atoms with Gasteiger partial charge in [0, 0.05) is 24.3 Å². The van der Waals surface area contributed by atoms with Crippen LogP contribution in [0, 0.1) is 6.92 Å². The van der Waals surface area contributed by atoms with Gasteiger partial charge in [0.15, 0.2) is 0 Å². The molecule has 0 saturated carbocycles. The number of carbonyl (C=O) groups is 3. The van der Waals surface area contributed by atoms with Crippen molar-refractivity contribution in [2.75, 3.05) is 40.5 Å². The van der Waals surface area contributed by atoms with Gasteiger partial charge >= 0.3 is 12.0 Å². The lowest BCUT2D eigenvalue weighted by Gasteiger charge is -2.23. The molecule has 3 aromatic rings. The van der Waals surface area contributed by atoms with E-state index in [0.29, 0.717) is 22.6 Å². The molecule has 0 spiro atoms. The van der Waals surface area contributed by atoms with E-state index in [0.717, 1.165) is 37.2 Å². The lowest BCUT2D eigenvalue weighted by molar-refractivity contribution is 0.0527. The van der Waals surface area contributed by atoms with E-state index in [2.05, 4.69) is 20.9 Å². The Kier molecular flexibility index (Phi) is 7.85. The molecule has 4 rings (SSSR count). The second-order valence-electron chi connectivity index (χ2n) is 8.59. The highest BCUT2D eigenvalue weighted by molar-refractivity contribution is 6.08. The van der Waals surface area contributed by atoms with Crippen LogP contribution in [0.5, 0.6) is 0 Å². The topological polar surface area (TPSA) is 99.8 Å². The first-order chi connectivity index (χ1) is 17.4. The van der Waals surface area contributed by atoms with Crippen molar-refractivity contribution in [3.63, 3.8) is 0 Å². The fourth-order valence-electron chi connectivity index (χ4n) is 4.11. The summed E-state index contributed by atoms with van der Waals surface area (Å²) in [5.74, 6) is -0.741. The number of urea groups is 1. The number of anilines is 4. The van der Waals surface area contributed by atoms with E-state index in [1.165, 1.54) is 0 Å². The van der Waals surface area contributed by atoms with Crippen LogP contribution < -0.4 is 20.9 Å². The van der Waals surface area contributed by atoms with Crippen LogP contribution >= 0.6 is 0 Å². The summed E-state index contributed by atoms with van der Waals surface area (Å²) in [7, 11) is 0. The summed E-state index contributed by atoms with van der Waals surface area (Å²) in [5, 5.41) is 8.56. The van der Waals surface area contributed by atoms with Crippen molar-refractivity contribution in [3.8, 4) is 0 Å². The van der Waals surface area contributed by atoms with Crippen molar-refractivity contribution in [3.05, 3.63) is 83.4 Å². The zero-order valence-electron chi connectivity index (χ0n) is 20.5. The Balaban J connectivity index is 1.55. The fourth-order valence-corrected chi connectivity index (χ4v) is 4.11. The Hall–Kier alpha value is -4.33. The SMILES string of the molecule is CCOC(=O)c1ccccc1NC(=O)Nc1cc(NC(=O)c2ccc(C)cc2)ccc1N1CCCC1. The molecular formula is C28H30N4O4. The zero-order valence-corrected chi connectivity index (χ0v) is 20.5. The molecule has 3 aromatic carbocycles. The smallest absolute Gasteiger partial charge is 0.340 e. The third-order valence-electron chi connectivity index (χ3n) is 5.93. The van der Waals surface area contributed by atoms with Crippen LogP contribution in [0.2, 0.25) is 0 Å².